The highest BCUT2D eigenvalue weighted by Crippen LogP contribution is 2.38. The molecule has 1 atom stereocenters. The molecule has 2 aliphatic rings. The van der Waals surface area contributed by atoms with E-state index in [0.717, 1.165) is 44.5 Å². The van der Waals surface area contributed by atoms with Crippen molar-refractivity contribution in [1.29, 1.82) is 0 Å². The molecule has 1 unspecified atom stereocenters. The van der Waals surface area contributed by atoms with Crippen molar-refractivity contribution >= 4 is 17.5 Å². The van der Waals surface area contributed by atoms with E-state index in [-0.39, 0.29) is 12.5 Å². The van der Waals surface area contributed by atoms with Gasteiger partial charge in [0, 0.05) is 30.5 Å². The average molecular weight is 376 g/mol. The van der Waals surface area contributed by atoms with Crippen molar-refractivity contribution in [2.75, 3.05) is 19.7 Å². The number of hydrogen-bond acceptors (Lipinski definition) is 5. The Morgan fingerprint density at radius 3 is 2.85 bits per heavy atom. The molecule has 2 fully saturated rings. The first kappa shape index (κ1) is 17.3. The van der Waals surface area contributed by atoms with Gasteiger partial charge in [0.2, 0.25) is 5.89 Å². The number of rotatable bonds is 6. The number of amides is 1. The first-order valence-corrected chi connectivity index (χ1v) is 9.54. The molecular weight excluding hydrogens is 354 g/mol. The summed E-state index contributed by atoms with van der Waals surface area (Å²) in [7, 11) is 0. The molecule has 1 aromatic heterocycles. The Hall–Kier alpha value is -2.08. The summed E-state index contributed by atoms with van der Waals surface area (Å²) in [4.78, 5) is 18.8. The lowest BCUT2D eigenvalue weighted by atomic mass is 9.95. The smallest absolute Gasteiger partial charge is 0.260 e. The number of halogens is 1. The largest absolute Gasteiger partial charge is 0.484 e. The molecular formula is C19H22ClN3O3. The normalized spacial score (nSPS) is 20.2. The van der Waals surface area contributed by atoms with Crippen LogP contribution in [-0.4, -0.2) is 40.6 Å². The van der Waals surface area contributed by atoms with Gasteiger partial charge in [-0.3, -0.25) is 4.79 Å². The van der Waals surface area contributed by atoms with Crippen LogP contribution in [0.2, 0.25) is 5.02 Å². The lowest BCUT2D eigenvalue weighted by Crippen LogP contribution is -2.42. The van der Waals surface area contributed by atoms with Crippen LogP contribution in [0.15, 0.2) is 28.8 Å². The van der Waals surface area contributed by atoms with E-state index in [9.17, 15) is 4.79 Å². The van der Waals surface area contributed by atoms with E-state index in [1.54, 1.807) is 24.3 Å². The molecule has 4 rings (SSSR count). The van der Waals surface area contributed by atoms with E-state index >= 15 is 0 Å². The van der Waals surface area contributed by atoms with Crippen LogP contribution < -0.4 is 4.74 Å². The molecule has 2 heterocycles. The maximum absolute atomic E-state index is 12.5. The zero-order chi connectivity index (χ0) is 17.9. The Morgan fingerprint density at radius 1 is 1.27 bits per heavy atom. The second kappa shape index (κ2) is 7.66. The predicted octanol–water partition coefficient (Wildman–Crippen LogP) is 3.46. The maximum atomic E-state index is 12.5. The molecule has 0 bridgehead atoms. The number of hydrogen-bond donors (Lipinski definition) is 0. The van der Waals surface area contributed by atoms with E-state index < -0.39 is 0 Å². The van der Waals surface area contributed by atoms with Crippen molar-refractivity contribution in [1.82, 2.24) is 15.0 Å². The molecule has 6 nitrogen and oxygen atoms in total. The summed E-state index contributed by atoms with van der Waals surface area (Å²) in [5.41, 5.74) is 0. The Balaban J connectivity index is 1.27. The summed E-state index contributed by atoms with van der Waals surface area (Å²) < 4.78 is 11.0. The number of ether oxygens (including phenoxy) is 1. The summed E-state index contributed by atoms with van der Waals surface area (Å²) in [6.45, 7) is 1.53. The fourth-order valence-corrected chi connectivity index (χ4v) is 3.46. The highest BCUT2D eigenvalue weighted by molar-refractivity contribution is 6.30. The standard InChI is InChI=1S/C19H22ClN3O3/c20-15-5-7-16(8-6-15)25-12-18(24)23-9-1-2-13(11-23)10-17-21-19(22-26-17)14-3-4-14/h5-8,13-14H,1-4,9-12H2. The highest BCUT2D eigenvalue weighted by Gasteiger charge is 2.30. The zero-order valence-electron chi connectivity index (χ0n) is 14.6. The molecule has 0 spiro atoms. The van der Waals surface area contributed by atoms with Gasteiger partial charge in [0.1, 0.15) is 5.75 Å². The summed E-state index contributed by atoms with van der Waals surface area (Å²) in [6, 6.07) is 7.03. The number of benzene rings is 1. The third-order valence-corrected chi connectivity index (χ3v) is 5.19. The summed E-state index contributed by atoms with van der Waals surface area (Å²) >= 11 is 5.85. The van der Waals surface area contributed by atoms with Crippen LogP contribution in [0.3, 0.4) is 0 Å². The predicted molar refractivity (Wildman–Crippen MR) is 96.2 cm³/mol. The molecule has 26 heavy (non-hydrogen) atoms. The average Bonchev–Trinajstić information content (AvgIpc) is 3.41. The number of piperidine rings is 1. The van der Waals surface area contributed by atoms with Gasteiger partial charge in [-0.1, -0.05) is 16.8 Å². The molecule has 1 aromatic carbocycles. The van der Waals surface area contributed by atoms with Gasteiger partial charge in [0.25, 0.3) is 5.91 Å². The summed E-state index contributed by atoms with van der Waals surface area (Å²) in [5, 5.41) is 4.72. The van der Waals surface area contributed by atoms with Crippen LogP contribution in [0, 0.1) is 5.92 Å². The molecule has 7 heteroatoms. The summed E-state index contributed by atoms with van der Waals surface area (Å²) in [6.07, 6.45) is 5.13. The molecule has 2 aromatic rings. The van der Waals surface area contributed by atoms with Crippen LogP contribution in [0.4, 0.5) is 0 Å². The number of carbonyl (C=O) groups excluding carboxylic acids is 1. The quantitative estimate of drug-likeness (QED) is 0.773. The van der Waals surface area contributed by atoms with Crippen molar-refractivity contribution < 1.29 is 14.1 Å². The van der Waals surface area contributed by atoms with E-state index in [2.05, 4.69) is 10.1 Å². The van der Waals surface area contributed by atoms with Gasteiger partial charge < -0.3 is 14.2 Å². The Morgan fingerprint density at radius 2 is 2.08 bits per heavy atom. The third kappa shape index (κ3) is 4.36. The lowest BCUT2D eigenvalue weighted by molar-refractivity contribution is -0.135. The van der Waals surface area contributed by atoms with Crippen molar-refractivity contribution in [3.05, 3.63) is 41.0 Å². The van der Waals surface area contributed by atoms with E-state index in [0.29, 0.717) is 35.0 Å². The molecule has 0 N–H and O–H groups in total. The van der Waals surface area contributed by atoms with Crippen LogP contribution in [0.1, 0.15) is 43.3 Å². The lowest BCUT2D eigenvalue weighted by Gasteiger charge is -2.32. The number of aromatic nitrogens is 2. The van der Waals surface area contributed by atoms with Gasteiger partial charge in [0.05, 0.1) is 0 Å². The second-order valence-corrected chi connectivity index (χ2v) is 7.55. The van der Waals surface area contributed by atoms with Gasteiger partial charge >= 0.3 is 0 Å². The number of nitrogens with zero attached hydrogens (tertiary/aromatic N) is 3. The fourth-order valence-electron chi connectivity index (χ4n) is 3.33. The third-order valence-electron chi connectivity index (χ3n) is 4.94. The Kier molecular flexibility index (Phi) is 5.11. The van der Waals surface area contributed by atoms with Gasteiger partial charge in [-0.05, 0) is 55.9 Å². The minimum Gasteiger partial charge on any atom is -0.484 e. The van der Waals surface area contributed by atoms with Crippen LogP contribution >= 0.6 is 11.6 Å². The molecule has 1 saturated carbocycles. The van der Waals surface area contributed by atoms with Crippen molar-refractivity contribution in [3.63, 3.8) is 0 Å². The SMILES string of the molecule is O=C(COc1ccc(Cl)cc1)N1CCCC(Cc2nc(C3CC3)no2)C1. The summed E-state index contributed by atoms with van der Waals surface area (Å²) in [5.74, 6) is 3.06. The van der Waals surface area contributed by atoms with Crippen molar-refractivity contribution in [2.24, 2.45) is 5.92 Å². The maximum Gasteiger partial charge on any atom is 0.260 e. The zero-order valence-corrected chi connectivity index (χ0v) is 15.3. The number of carbonyl (C=O) groups is 1. The topological polar surface area (TPSA) is 68.5 Å². The molecule has 1 aliphatic heterocycles. The molecule has 138 valence electrons. The van der Waals surface area contributed by atoms with Crippen LogP contribution in [0.25, 0.3) is 0 Å². The van der Waals surface area contributed by atoms with Gasteiger partial charge in [-0.2, -0.15) is 4.98 Å². The van der Waals surface area contributed by atoms with Crippen LogP contribution in [-0.2, 0) is 11.2 Å². The van der Waals surface area contributed by atoms with Gasteiger partial charge in [-0.15, -0.1) is 0 Å². The minimum absolute atomic E-state index is 0.00819. The van der Waals surface area contributed by atoms with Crippen molar-refractivity contribution in [2.45, 2.75) is 38.0 Å². The highest BCUT2D eigenvalue weighted by atomic mass is 35.5. The Labute approximate surface area is 157 Å². The second-order valence-electron chi connectivity index (χ2n) is 7.12. The molecule has 1 saturated heterocycles. The first-order valence-electron chi connectivity index (χ1n) is 9.16. The van der Waals surface area contributed by atoms with E-state index in [1.165, 1.54) is 0 Å². The first-order chi connectivity index (χ1) is 12.7. The Bertz CT molecular complexity index is 758. The van der Waals surface area contributed by atoms with Crippen LogP contribution in [0.5, 0.6) is 5.75 Å². The number of likely N-dealkylation sites (tertiary alicyclic amines) is 1. The van der Waals surface area contributed by atoms with E-state index in [1.807, 2.05) is 4.90 Å². The molecule has 0 radical (unpaired) electrons. The van der Waals surface area contributed by atoms with Gasteiger partial charge in [0.15, 0.2) is 12.4 Å². The van der Waals surface area contributed by atoms with Crippen molar-refractivity contribution in [3.8, 4) is 5.75 Å². The van der Waals surface area contributed by atoms with E-state index in [4.69, 9.17) is 20.9 Å². The fraction of sp³-hybridized carbons (Fsp3) is 0.526. The molecule has 1 amide bonds. The molecule has 1 aliphatic carbocycles. The van der Waals surface area contributed by atoms with Gasteiger partial charge in [-0.25, -0.2) is 0 Å². The monoisotopic (exact) mass is 375 g/mol. The minimum atomic E-state index is 0.00819.